The number of methoxy groups -OCH3 is 1. The SMILES string of the molecule is COc1cc(NC(=O)c2cnc(Cl)cn2)ccc1Cl. The molecule has 0 fully saturated rings. The topological polar surface area (TPSA) is 64.1 Å². The van der Waals surface area contributed by atoms with Crippen LogP contribution in [0.15, 0.2) is 30.6 Å². The highest BCUT2D eigenvalue weighted by Gasteiger charge is 2.09. The lowest BCUT2D eigenvalue weighted by molar-refractivity contribution is 0.102. The fourth-order valence-corrected chi connectivity index (χ4v) is 1.65. The quantitative estimate of drug-likeness (QED) is 0.946. The minimum absolute atomic E-state index is 0.165. The van der Waals surface area contributed by atoms with Crippen LogP contribution < -0.4 is 10.1 Å². The number of hydrogen-bond acceptors (Lipinski definition) is 4. The number of amides is 1. The van der Waals surface area contributed by atoms with E-state index in [1.54, 1.807) is 18.2 Å². The largest absolute Gasteiger partial charge is 0.495 e. The molecule has 0 radical (unpaired) electrons. The van der Waals surface area contributed by atoms with E-state index in [1.807, 2.05) is 0 Å². The minimum Gasteiger partial charge on any atom is -0.495 e. The number of anilines is 1. The van der Waals surface area contributed by atoms with Crippen LogP contribution in [-0.2, 0) is 0 Å². The van der Waals surface area contributed by atoms with Gasteiger partial charge in [0, 0.05) is 11.8 Å². The molecule has 0 unspecified atom stereocenters. The van der Waals surface area contributed by atoms with Crippen molar-refractivity contribution in [1.82, 2.24) is 9.97 Å². The van der Waals surface area contributed by atoms with E-state index < -0.39 is 5.91 Å². The highest BCUT2D eigenvalue weighted by Crippen LogP contribution is 2.27. The normalized spacial score (nSPS) is 10.1. The number of carbonyl (C=O) groups is 1. The lowest BCUT2D eigenvalue weighted by Crippen LogP contribution is -2.13. The molecule has 1 N–H and O–H groups in total. The zero-order chi connectivity index (χ0) is 13.8. The summed E-state index contributed by atoms with van der Waals surface area (Å²) < 4.78 is 5.06. The molecule has 0 aliphatic rings. The average Bonchev–Trinajstić information content (AvgIpc) is 2.41. The summed E-state index contributed by atoms with van der Waals surface area (Å²) in [5.74, 6) is 0.0789. The third kappa shape index (κ3) is 3.33. The Labute approximate surface area is 119 Å². The van der Waals surface area contributed by atoms with Crippen LogP contribution in [0.2, 0.25) is 10.2 Å². The molecule has 0 spiro atoms. The van der Waals surface area contributed by atoms with Gasteiger partial charge < -0.3 is 10.1 Å². The van der Waals surface area contributed by atoms with E-state index in [1.165, 1.54) is 19.5 Å². The second-order valence-corrected chi connectivity index (χ2v) is 4.32. The van der Waals surface area contributed by atoms with Crippen LogP contribution >= 0.6 is 23.2 Å². The molecule has 1 heterocycles. The Kier molecular flexibility index (Phi) is 4.19. The highest BCUT2D eigenvalue weighted by molar-refractivity contribution is 6.32. The predicted molar refractivity (Wildman–Crippen MR) is 73.0 cm³/mol. The van der Waals surface area contributed by atoms with Gasteiger partial charge in [-0.15, -0.1) is 0 Å². The van der Waals surface area contributed by atoms with Crippen LogP contribution in [0.25, 0.3) is 0 Å². The predicted octanol–water partition coefficient (Wildman–Crippen LogP) is 3.04. The molecule has 2 rings (SSSR count). The number of aromatic nitrogens is 2. The van der Waals surface area contributed by atoms with Crippen LogP contribution in [0, 0.1) is 0 Å². The van der Waals surface area contributed by atoms with Crippen molar-refractivity contribution >= 4 is 34.8 Å². The molecule has 1 amide bonds. The molecule has 1 aromatic carbocycles. The molecule has 7 heteroatoms. The first-order chi connectivity index (χ1) is 9.10. The molecule has 98 valence electrons. The summed E-state index contributed by atoms with van der Waals surface area (Å²) >= 11 is 11.5. The van der Waals surface area contributed by atoms with E-state index in [0.717, 1.165) is 0 Å². The summed E-state index contributed by atoms with van der Waals surface area (Å²) in [4.78, 5) is 19.5. The first kappa shape index (κ1) is 13.6. The van der Waals surface area contributed by atoms with Crippen molar-refractivity contribution in [2.45, 2.75) is 0 Å². The maximum absolute atomic E-state index is 11.9. The van der Waals surface area contributed by atoms with Crippen LogP contribution in [0.5, 0.6) is 5.75 Å². The Bertz CT molecular complexity index is 602. The Hall–Kier alpha value is -1.85. The van der Waals surface area contributed by atoms with E-state index in [0.29, 0.717) is 16.5 Å². The summed E-state index contributed by atoms with van der Waals surface area (Å²) in [5.41, 5.74) is 0.710. The van der Waals surface area contributed by atoms with Crippen molar-refractivity contribution in [3.63, 3.8) is 0 Å². The summed E-state index contributed by atoms with van der Waals surface area (Å²) in [7, 11) is 1.50. The molecule has 2 aromatic rings. The maximum Gasteiger partial charge on any atom is 0.275 e. The Balaban J connectivity index is 2.17. The molecule has 1 aromatic heterocycles. The van der Waals surface area contributed by atoms with Gasteiger partial charge in [-0.3, -0.25) is 4.79 Å². The summed E-state index contributed by atoms with van der Waals surface area (Å²) in [6, 6.07) is 4.90. The standard InChI is InChI=1S/C12H9Cl2N3O2/c1-19-10-4-7(2-3-8(10)13)17-12(18)9-5-16-11(14)6-15-9/h2-6H,1H3,(H,17,18). The Morgan fingerprint density at radius 2 is 2.05 bits per heavy atom. The van der Waals surface area contributed by atoms with Gasteiger partial charge in [0.1, 0.15) is 16.6 Å². The summed E-state index contributed by atoms with van der Waals surface area (Å²) in [6.45, 7) is 0. The third-order valence-corrected chi connectivity index (χ3v) is 2.77. The van der Waals surface area contributed by atoms with Crippen LogP contribution in [-0.4, -0.2) is 23.0 Å². The van der Waals surface area contributed by atoms with E-state index in [2.05, 4.69) is 15.3 Å². The van der Waals surface area contributed by atoms with Gasteiger partial charge in [0.25, 0.3) is 5.91 Å². The van der Waals surface area contributed by atoms with Gasteiger partial charge in [0.2, 0.25) is 0 Å². The van der Waals surface area contributed by atoms with Crippen LogP contribution in [0.4, 0.5) is 5.69 Å². The van der Waals surface area contributed by atoms with E-state index in [4.69, 9.17) is 27.9 Å². The van der Waals surface area contributed by atoms with Gasteiger partial charge in [0.05, 0.1) is 24.5 Å². The van der Waals surface area contributed by atoms with Crippen molar-refractivity contribution in [2.75, 3.05) is 12.4 Å². The lowest BCUT2D eigenvalue weighted by atomic mass is 10.3. The van der Waals surface area contributed by atoms with Crippen LogP contribution in [0.1, 0.15) is 10.5 Å². The van der Waals surface area contributed by atoms with Gasteiger partial charge in [-0.1, -0.05) is 23.2 Å². The van der Waals surface area contributed by atoms with E-state index in [-0.39, 0.29) is 10.8 Å². The molecule has 0 saturated carbocycles. The van der Waals surface area contributed by atoms with Crippen molar-refractivity contribution < 1.29 is 9.53 Å². The molecule has 0 saturated heterocycles. The average molecular weight is 298 g/mol. The number of nitrogens with zero attached hydrogens (tertiary/aromatic N) is 2. The number of halogens is 2. The molecule has 0 aliphatic heterocycles. The highest BCUT2D eigenvalue weighted by atomic mass is 35.5. The molecule has 0 bridgehead atoms. The molecule has 0 atom stereocenters. The summed E-state index contributed by atoms with van der Waals surface area (Å²) in [6.07, 6.45) is 2.60. The molecule has 5 nitrogen and oxygen atoms in total. The van der Waals surface area contributed by atoms with Gasteiger partial charge in [-0.25, -0.2) is 9.97 Å². The first-order valence-corrected chi connectivity index (χ1v) is 5.98. The van der Waals surface area contributed by atoms with Gasteiger partial charge in [-0.05, 0) is 12.1 Å². The number of hydrogen-bond donors (Lipinski definition) is 1. The maximum atomic E-state index is 11.9. The van der Waals surface area contributed by atoms with E-state index >= 15 is 0 Å². The van der Waals surface area contributed by atoms with Crippen molar-refractivity contribution in [1.29, 1.82) is 0 Å². The van der Waals surface area contributed by atoms with Gasteiger partial charge >= 0.3 is 0 Å². The zero-order valence-corrected chi connectivity index (χ0v) is 11.4. The second kappa shape index (κ2) is 5.86. The number of nitrogens with one attached hydrogen (secondary N) is 1. The fourth-order valence-electron chi connectivity index (χ4n) is 1.36. The Morgan fingerprint density at radius 1 is 1.26 bits per heavy atom. The van der Waals surface area contributed by atoms with Gasteiger partial charge in [-0.2, -0.15) is 0 Å². The molecule has 0 aliphatic carbocycles. The lowest BCUT2D eigenvalue weighted by Gasteiger charge is -2.07. The van der Waals surface area contributed by atoms with Crippen molar-refractivity contribution in [3.8, 4) is 5.75 Å². The monoisotopic (exact) mass is 297 g/mol. The number of rotatable bonds is 3. The van der Waals surface area contributed by atoms with Gasteiger partial charge in [0.15, 0.2) is 0 Å². The fraction of sp³-hybridized carbons (Fsp3) is 0.0833. The van der Waals surface area contributed by atoms with Crippen LogP contribution in [0.3, 0.4) is 0 Å². The molecular weight excluding hydrogens is 289 g/mol. The Morgan fingerprint density at radius 3 is 2.68 bits per heavy atom. The molecule has 19 heavy (non-hydrogen) atoms. The minimum atomic E-state index is -0.395. The smallest absolute Gasteiger partial charge is 0.275 e. The second-order valence-electron chi connectivity index (χ2n) is 3.53. The number of ether oxygens (including phenoxy) is 1. The van der Waals surface area contributed by atoms with E-state index in [9.17, 15) is 4.79 Å². The first-order valence-electron chi connectivity index (χ1n) is 5.22. The molecular formula is C12H9Cl2N3O2. The number of carbonyl (C=O) groups excluding carboxylic acids is 1. The summed E-state index contributed by atoms with van der Waals surface area (Å²) in [5, 5.41) is 3.35. The van der Waals surface area contributed by atoms with Crippen molar-refractivity contribution in [3.05, 3.63) is 46.5 Å². The number of benzene rings is 1. The van der Waals surface area contributed by atoms with Crippen molar-refractivity contribution in [2.24, 2.45) is 0 Å². The third-order valence-electron chi connectivity index (χ3n) is 2.26. The zero-order valence-electron chi connectivity index (χ0n) is 9.85.